The number of aromatic nitrogens is 3. The van der Waals surface area contributed by atoms with Gasteiger partial charge in [0.15, 0.2) is 0 Å². The molecule has 0 spiro atoms. The summed E-state index contributed by atoms with van der Waals surface area (Å²) in [5.41, 5.74) is 0. The van der Waals surface area contributed by atoms with Crippen LogP contribution in [0.2, 0.25) is 0 Å². The van der Waals surface area contributed by atoms with Crippen molar-refractivity contribution in [2.45, 2.75) is 19.5 Å². The number of carbonyl (C=O) groups is 1. The lowest BCUT2D eigenvalue weighted by Gasteiger charge is -2.08. The molecule has 0 fully saturated rings. The predicted octanol–water partition coefficient (Wildman–Crippen LogP) is -0.531. The van der Waals surface area contributed by atoms with Crippen LogP contribution in [-0.2, 0) is 0 Å². The number of aliphatic hydroxyl groups excluding tert-OH is 1. The van der Waals surface area contributed by atoms with Crippen LogP contribution < -0.4 is 5.32 Å². The second kappa shape index (κ2) is 4.78. The lowest BCUT2D eigenvalue weighted by atomic mass is 10.3. The highest BCUT2D eigenvalue weighted by atomic mass is 19.3. The molecule has 1 amide bonds. The number of rotatable bonds is 4. The van der Waals surface area contributed by atoms with E-state index in [1.807, 2.05) is 0 Å². The van der Waals surface area contributed by atoms with Gasteiger partial charge in [-0.05, 0) is 6.92 Å². The molecule has 0 saturated carbocycles. The molecule has 0 bridgehead atoms. The SMILES string of the molecule is Cc1nc(C(=O)NCC(O)C(F)F)n[nH]1. The molecule has 1 aromatic rings. The van der Waals surface area contributed by atoms with E-state index in [2.05, 4.69) is 20.5 Å². The second-order valence-corrected chi connectivity index (χ2v) is 2.86. The summed E-state index contributed by atoms with van der Waals surface area (Å²) in [6.45, 7) is 1.06. The van der Waals surface area contributed by atoms with Gasteiger partial charge in [0, 0.05) is 6.54 Å². The van der Waals surface area contributed by atoms with Crippen LogP contribution >= 0.6 is 0 Å². The first-order valence-corrected chi connectivity index (χ1v) is 4.14. The van der Waals surface area contributed by atoms with Gasteiger partial charge >= 0.3 is 0 Å². The van der Waals surface area contributed by atoms with Crippen molar-refractivity contribution in [2.75, 3.05) is 6.54 Å². The summed E-state index contributed by atoms with van der Waals surface area (Å²) in [5.74, 6) is -0.414. The van der Waals surface area contributed by atoms with Gasteiger partial charge in [-0.15, -0.1) is 5.10 Å². The van der Waals surface area contributed by atoms with Gasteiger partial charge in [0.25, 0.3) is 12.3 Å². The van der Waals surface area contributed by atoms with Crippen LogP contribution in [0.1, 0.15) is 16.4 Å². The number of amides is 1. The largest absolute Gasteiger partial charge is 0.385 e. The minimum atomic E-state index is -2.89. The van der Waals surface area contributed by atoms with Crippen molar-refractivity contribution in [2.24, 2.45) is 0 Å². The predicted molar refractivity (Wildman–Crippen MR) is 45.5 cm³/mol. The zero-order valence-electron chi connectivity index (χ0n) is 7.87. The van der Waals surface area contributed by atoms with Crippen molar-refractivity contribution in [3.63, 3.8) is 0 Å². The monoisotopic (exact) mass is 220 g/mol. The van der Waals surface area contributed by atoms with Crippen LogP contribution in [0.3, 0.4) is 0 Å². The smallest absolute Gasteiger partial charge is 0.291 e. The number of aliphatic hydroxyl groups is 1. The number of nitrogens with one attached hydrogen (secondary N) is 2. The van der Waals surface area contributed by atoms with Gasteiger partial charge in [-0.3, -0.25) is 9.89 Å². The first-order valence-electron chi connectivity index (χ1n) is 4.14. The number of alkyl halides is 2. The van der Waals surface area contributed by atoms with Crippen LogP contribution in [0.4, 0.5) is 8.78 Å². The number of aromatic amines is 1. The van der Waals surface area contributed by atoms with E-state index in [-0.39, 0.29) is 5.82 Å². The molecule has 1 rings (SSSR count). The number of hydrogen-bond donors (Lipinski definition) is 3. The summed E-state index contributed by atoms with van der Waals surface area (Å²) in [6, 6.07) is 0. The first-order chi connectivity index (χ1) is 7.00. The minimum Gasteiger partial charge on any atom is -0.385 e. The molecule has 1 atom stereocenters. The number of carbonyl (C=O) groups excluding carboxylic acids is 1. The van der Waals surface area contributed by atoms with E-state index in [0.717, 1.165) is 0 Å². The number of aryl methyl sites for hydroxylation is 1. The standard InChI is InChI=1S/C7H10F2N4O2/c1-3-11-6(13-12-3)7(15)10-2-4(14)5(8)9/h4-5,14H,2H2,1H3,(H,10,15)(H,11,12,13). The zero-order valence-corrected chi connectivity index (χ0v) is 7.87. The Morgan fingerprint density at radius 3 is 2.80 bits per heavy atom. The summed E-state index contributed by atoms with van der Waals surface area (Å²) in [7, 11) is 0. The highest BCUT2D eigenvalue weighted by molar-refractivity contribution is 5.90. The van der Waals surface area contributed by atoms with Crippen LogP contribution in [0, 0.1) is 6.92 Å². The van der Waals surface area contributed by atoms with Crippen molar-refractivity contribution in [1.82, 2.24) is 20.5 Å². The van der Waals surface area contributed by atoms with Crippen molar-refractivity contribution in [3.8, 4) is 0 Å². The second-order valence-electron chi connectivity index (χ2n) is 2.86. The Kier molecular flexibility index (Phi) is 3.67. The van der Waals surface area contributed by atoms with E-state index < -0.39 is 25.0 Å². The van der Waals surface area contributed by atoms with Gasteiger partial charge in [-0.2, -0.15) is 0 Å². The summed E-state index contributed by atoms with van der Waals surface area (Å²) in [5, 5.41) is 16.7. The molecule has 3 N–H and O–H groups in total. The Bertz CT molecular complexity index is 341. The van der Waals surface area contributed by atoms with Gasteiger partial charge in [-0.25, -0.2) is 13.8 Å². The number of nitrogens with zero attached hydrogens (tertiary/aromatic N) is 2. The Labute approximate surface area is 83.7 Å². The van der Waals surface area contributed by atoms with Crippen molar-refractivity contribution >= 4 is 5.91 Å². The summed E-state index contributed by atoms with van der Waals surface area (Å²) in [4.78, 5) is 14.9. The maximum Gasteiger partial charge on any atom is 0.291 e. The molecule has 6 nitrogen and oxygen atoms in total. The summed E-state index contributed by atoms with van der Waals surface area (Å²) >= 11 is 0. The van der Waals surface area contributed by atoms with E-state index in [9.17, 15) is 13.6 Å². The van der Waals surface area contributed by atoms with Crippen LogP contribution in [0.25, 0.3) is 0 Å². The zero-order chi connectivity index (χ0) is 11.4. The molecule has 1 unspecified atom stereocenters. The summed E-state index contributed by atoms with van der Waals surface area (Å²) in [6.07, 6.45) is -4.77. The summed E-state index contributed by atoms with van der Waals surface area (Å²) < 4.78 is 23.7. The third-order valence-electron chi connectivity index (χ3n) is 1.56. The Hall–Kier alpha value is -1.57. The molecule has 0 aliphatic rings. The molecule has 0 aliphatic carbocycles. The lowest BCUT2D eigenvalue weighted by Crippen LogP contribution is -2.36. The van der Waals surface area contributed by atoms with E-state index in [4.69, 9.17) is 5.11 Å². The normalized spacial score (nSPS) is 12.9. The number of hydrogen-bond acceptors (Lipinski definition) is 4. The Morgan fingerprint density at radius 2 is 2.33 bits per heavy atom. The quantitative estimate of drug-likeness (QED) is 0.636. The van der Waals surface area contributed by atoms with Gasteiger partial charge < -0.3 is 10.4 Å². The fraction of sp³-hybridized carbons (Fsp3) is 0.571. The van der Waals surface area contributed by atoms with Crippen LogP contribution in [-0.4, -0.2) is 45.3 Å². The molecule has 0 radical (unpaired) electrons. The van der Waals surface area contributed by atoms with Gasteiger partial charge in [0.05, 0.1) is 0 Å². The van der Waals surface area contributed by atoms with Gasteiger partial charge in [-0.1, -0.05) is 0 Å². The molecular formula is C7H10F2N4O2. The Morgan fingerprint density at radius 1 is 1.67 bits per heavy atom. The number of halogens is 2. The van der Waals surface area contributed by atoms with Crippen LogP contribution in [0.15, 0.2) is 0 Å². The molecule has 1 aromatic heterocycles. The first kappa shape index (κ1) is 11.5. The molecule has 1 heterocycles. The average Bonchev–Trinajstić information content (AvgIpc) is 2.60. The molecule has 84 valence electrons. The fourth-order valence-corrected chi connectivity index (χ4v) is 0.810. The van der Waals surface area contributed by atoms with E-state index in [1.54, 1.807) is 6.92 Å². The molecular weight excluding hydrogens is 210 g/mol. The third kappa shape index (κ3) is 3.24. The van der Waals surface area contributed by atoms with E-state index in [1.165, 1.54) is 0 Å². The van der Waals surface area contributed by atoms with Crippen molar-refractivity contribution in [3.05, 3.63) is 11.6 Å². The molecule has 0 aliphatic heterocycles. The van der Waals surface area contributed by atoms with Gasteiger partial charge in [0.2, 0.25) is 5.82 Å². The minimum absolute atomic E-state index is 0.144. The highest BCUT2D eigenvalue weighted by Gasteiger charge is 2.19. The van der Waals surface area contributed by atoms with Gasteiger partial charge in [0.1, 0.15) is 11.9 Å². The molecule has 0 aromatic carbocycles. The van der Waals surface area contributed by atoms with E-state index in [0.29, 0.717) is 5.82 Å². The fourth-order valence-electron chi connectivity index (χ4n) is 0.810. The average molecular weight is 220 g/mol. The van der Waals surface area contributed by atoms with Crippen molar-refractivity contribution in [1.29, 1.82) is 0 Å². The Balaban J connectivity index is 2.43. The molecule has 15 heavy (non-hydrogen) atoms. The highest BCUT2D eigenvalue weighted by Crippen LogP contribution is 1.99. The lowest BCUT2D eigenvalue weighted by molar-refractivity contribution is -0.00275. The van der Waals surface area contributed by atoms with Crippen molar-refractivity contribution < 1.29 is 18.7 Å². The van der Waals surface area contributed by atoms with Crippen LogP contribution in [0.5, 0.6) is 0 Å². The molecule has 0 saturated heterocycles. The topological polar surface area (TPSA) is 90.9 Å². The maximum absolute atomic E-state index is 11.8. The molecule has 8 heteroatoms. The maximum atomic E-state index is 11.8. The number of H-pyrrole nitrogens is 1. The van der Waals surface area contributed by atoms with E-state index >= 15 is 0 Å². The third-order valence-corrected chi connectivity index (χ3v) is 1.56.